The molecule has 20 rings (SSSR count). The molecule has 0 fully saturated rings. The summed E-state index contributed by atoms with van der Waals surface area (Å²) in [5, 5.41) is 12.0. The van der Waals surface area contributed by atoms with Gasteiger partial charge in [0, 0.05) is 127 Å². The van der Waals surface area contributed by atoms with Gasteiger partial charge in [-0.25, -0.2) is 29.9 Å². The van der Waals surface area contributed by atoms with Crippen molar-refractivity contribution in [3.63, 3.8) is 0 Å². The smallest absolute Gasteiger partial charge is 0.164 e. The summed E-state index contributed by atoms with van der Waals surface area (Å²) in [6.45, 7) is 0. The Hall–Kier alpha value is -12.9. The quantitative estimate of drug-likeness (QED) is 0.136. The van der Waals surface area contributed by atoms with Crippen LogP contribution in [-0.2, 0) is 0 Å². The van der Waals surface area contributed by atoms with Crippen LogP contribution >= 0.6 is 11.3 Å². The fourth-order valence-electron chi connectivity index (χ4n) is 14.1. The van der Waals surface area contributed by atoms with Crippen LogP contribution in [0.5, 0.6) is 0 Å². The van der Waals surface area contributed by atoms with Gasteiger partial charge in [0.1, 0.15) is 33.5 Å². The maximum atomic E-state index is 7.32. The summed E-state index contributed by atoms with van der Waals surface area (Å²) in [6, 6.07) is 87.9. The number of fused-ring (bicyclic) bond motifs is 15. The molecule has 0 N–H and O–H groups in total. The molecular formula is C84H46N8O3S. The van der Waals surface area contributed by atoms with E-state index in [9.17, 15) is 0 Å². The van der Waals surface area contributed by atoms with Crippen LogP contribution in [0.4, 0.5) is 0 Å². The van der Waals surface area contributed by atoms with Gasteiger partial charge in [0.05, 0.1) is 0 Å². The van der Waals surface area contributed by atoms with Crippen molar-refractivity contribution in [3.8, 4) is 102 Å². The van der Waals surface area contributed by atoms with Gasteiger partial charge in [0.2, 0.25) is 0 Å². The first kappa shape index (κ1) is 53.7. The van der Waals surface area contributed by atoms with Crippen LogP contribution < -0.4 is 0 Å². The monoisotopic (exact) mass is 1250 g/mol. The van der Waals surface area contributed by atoms with Gasteiger partial charge in [-0.05, 0) is 105 Å². The van der Waals surface area contributed by atoms with Crippen LogP contribution in [0.25, 0.3) is 209 Å². The molecule has 11 nitrogen and oxygen atoms in total. The summed E-state index contributed by atoms with van der Waals surface area (Å²) in [5.74, 6) is 3.24. The van der Waals surface area contributed by atoms with E-state index < -0.39 is 0 Å². The Kier molecular flexibility index (Phi) is 11.9. The molecule has 446 valence electrons. The standard InChI is InChI=1S/C84H46N8O3S/c1-4-16-49(17-5-1)79-87-80(50-18-6-2-7-19-50)90-83(89-79)64-36-35-61(77-74(64)67-46-86-40-38-69(67)94-77)60-34-33-57(76-73(60)63-32-31-48-15-10-11-22-56(48)75(63)95-76)52-29-27-47-28-30-53(42-54(47)41-52)82-88-81(51-20-8-3-9-21-51)91-84(92-82)65-43-55(44-70-72(65)66-45-85-39-37-68(66)93-70)58-24-14-25-62-59-23-12-13-26-71(59)96-78(58)62/h1-46H. The van der Waals surface area contributed by atoms with Gasteiger partial charge in [-0.1, -0.05) is 188 Å². The second-order valence-electron chi connectivity index (χ2n) is 24.1. The fourth-order valence-corrected chi connectivity index (χ4v) is 15.3. The lowest BCUT2D eigenvalue weighted by molar-refractivity contribution is 0.668. The Morgan fingerprint density at radius 1 is 0.250 bits per heavy atom. The first-order chi connectivity index (χ1) is 47.5. The van der Waals surface area contributed by atoms with E-state index in [0.29, 0.717) is 46.1 Å². The zero-order valence-electron chi connectivity index (χ0n) is 50.8. The average Bonchev–Trinajstić information content (AvgIpc) is 1.56. The molecule has 0 atom stereocenters. The highest BCUT2D eigenvalue weighted by molar-refractivity contribution is 7.26. The zero-order valence-corrected chi connectivity index (χ0v) is 51.6. The molecule has 12 heteroatoms. The van der Waals surface area contributed by atoms with Gasteiger partial charge in [-0.2, -0.15) is 0 Å². The largest absolute Gasteiger partial charge is 0.456 e. The summed E-state index contributed by atoms with van der Waals surface area (Å²) in [4.78, 5) is 40.7. The molecular weight excluding hydrogens is 1200 g/mol. The Balaban J connectivity index is 0.761. The molecule has 20 aromatic rings. The molecule has 0 aliphatic carbocycles. The first-order valence-electron chi connectivity index (χ1n) is 31.7. The summed E-state index contributed by atoms with van der Waals surface area (Å²) >= 11 is 1.80. The van der Waals surface area contributed by atoms with E-state index in [1.54, 1.807) is 23.7 Å². The molecule has 0 saturated heterocycles. The number of nitrogens with zero attached hydrogens (tertiary/aromatic N) is 8. The second-order valence-corrected chi connectivity index (χ2v) is 25.2. The van der Waals surface area contributed by atoms with E-state index in [0.717, 1.165) is 143 Å². The minimum atomic E-state index is 0.515. The van der Waals surface area contributed by atoms with E-state index in [4.69, 9.17) is 43.2 Å². The molecule has 8 heterocycles. The summed E-state index contributed by atoms with van der Waals surface area (Å²) in [5.41, 5.74) is 15.3. The maximum absolute atomic E-state index is 7.32. The molecule has 0 amide bonds. The predicted molar refractivity (Wildman–Crippen MR) is 387 cm³/mol. The lowest BCUT2D eigenvalue weighted by atomic mass is 9.91. The third-order valence-electron chi connectivity index (χ3n) is 18.6. The highest BCUT2D eigenvalue weighted by Crippen LogP contribution is 2.50. The fraction of sp³-hybridized carbons (Fsp3) is 0. The number of furan rings is 3. The number of pyridine rings is 2. The molecule has 0 radical (unpaired) electrons. The van der Waals surface area contributed by atoms with E-state index in [-0.39, 0.29) is 0 Å². The average molecular weight is 1250 g/mol. The van der Waals surface area contributed by atoms with Crippen LogP contribution in [0.1, 0.15) is 0 Å². The highest BCUT2D eigenvalue weighted by atomic mass is 32.1. The van der Waals surface area contributed by atoms with Crippen molar-refractivity contribution in [2.24, 2.45) is 0 Å². The molecule has 0 saturated carbocycles. The zero-order chi connectivity index (χ0) is 63.0. The van der Waals surface area contributed by atoms with Crippen molar-refractivity contribution < 1.29 is 13.3 Å². The highest BCUT2D eigenvalue weighted by Gasteiger charge is 2.27. The van der Waals surface area contributed by atoms with Gasteiger partial charge >= 0.3 is 0 Å². The van der Waals surface area contributed by atoms with Crippen molar-refractivity contribution >= 4 is 119 Å². The number of rotatable bonds is 9. The van der Waals surface area contributed by atoms with Crippen LogP contribution in [0.3, 0.4) is 0 Å². The van der Waals surface area contributed by atoms with Crippen LogP contribution in [0.2, 0.25) is 0 Å². The Morgan fingerprint density at radius 2 is 0.792 bits per heavy atom. The molecule has 0 aliphatic rings. The van der Waals surface area contributed by atoms with Crippen molar-refractivity contribution in [3.05, 3.63) is 280 Å². The van der Waals surface area contributed by atoms with Crippen LogP contribution in [-0.4, -0.2) is 39.9 Å². The lowest BCUT2D eigenvalue weighted by Gasteiger charge is -2.13. The second kappa shape index (κ2) is 21.3. The molecule has 96 heavy (non-hydrogen) atoms. The molecule has 12 aromatic carbocycles. The first-order valence-corrected chi connectivity index (χ1v) is 32.5. The molecule has 0 bridgehead atoms. The molecule has 0 aliphatic heterocycles. The van der Waals surface area contributed by atoms with E-state index in [1.807, 2.05) is 116 Å². The molecule has 8 aromatic heterocycles. The van der Waals surface area contributed by atoms with Crippen LogP contribution in [0, 0.1) is 0 Å². The third kappa shape index (κ3) is 8.59. The Morgan fingerprint density at radius 3 is 1.52 bits per heavy atom. The lowest BCUT2D eigenvalue weighted by Crippen LogP contribution is -2.00. The summed E-state index contributed by atoms with van der Waals surface area (Å²) in [6.07, 6.45) is 7.26. The number of benzene rings is 12. The van der Waals surface area contributed by atoms with Crippen molar-refractivity contribution in [1.29, 1.82) is 0 Å². The molecule has 0 unspecified atom stereocenters. The number of thiophene rings is 1. The number of aromatic nitrogens is 8. The summed E-state index contributed by atoms with van der Waals surface area (Å²) in [7, 11) is 0. The maximum Gasteiger partial charge on any atom is 0.164 e. The van der Waals surface area contributed by atoms with Crippen molar-refractivity contribution in [1.82, 2.24) is 39.9 Å². The van der Waals surface area contributed by atoms with Crippen LogP contribution in [0.15, 0.2) is 293 Å². The SMILES string of the molecule is c1ccc(-c2nc(-c3ccc4ccc(-c5ccc(-c6ccc(-c7nc(-c8ccccc8)nc(-c8ccccc8)n7)c7c6oc6ccncc67)c6c5oc5c7ccccc7ccc56)cc4c3)nc(-c3cc(-c4cccc5c4sc4ccccc45)cc4oc5ccncc5c34)n2)cc1. The van der Waals surface area contributed by atoms with E-state index in [1.165, 1.54) is 20.2 Å². The molecule has 0 spiro atoms. The summed E-state index contributed by atoms with van der Waals surface area (Å²) < 4.78 is 23.5. The van der Waals surface area contributed by atoms with Gasteiger partial charge in [-0.3, -0.25) is 9.97 Å². The van der Waals surface area contributed by atoms with Gasteiger partial charge in [0.25, 0.3) is 0 Å². The number of hydrogen-bond donors (Lipinski definition) is 0. The van der Waals surface area contributed by atoms with Gasteiger partial charge in [-0.15, -0.1) is 11.3 Å². The normalized spacial score (nSPS) is 12.0. The third-order valence-corrected chi connectivity index (χ3v) is 19.8. The van der Waals surface area contributed by atoms with Crippen molar-refractivity contribution in [2.45, 2.75) is 0 Å². The predicted octanol–water partition coefficient (Wildman–Crippen LogP) is 22.2. The van der Waals surface area contributed by atoms with Gasteiger partial charge in [0.15, 0.2) is 34.9 Å². The van der Waals surface area contributed by atoms with E-state index in [2.05, 4.69) is 162 Å². The Labute approximate surface area is 550 Å². The van der Waals surface area contributed by atoms with Gasteiger partial charge < -0.3 is 13.3 Å². The van der Waals surface area contributed by atoms with E-state index >= 15 is 0 Å². The number of hydrogen-bond acceptors (Lipinski definition) is 12. The Bertz CT molecular complexity index is 6540. The minimum absolute atomic E-state index is 0.515. The topological polar surface area (TPSA) is 143 Å². The minimum Gasteiger partial charge on any atom is -0.456 e. The van der Waals surface area contributed by atoms with Crippen molar-refractivity contribution in [2.75, 3.05) is 0 Å².